The quantitative estimate of drug-likeness (QED) is 0.617. The van der Waals surface area contributed by atoms with Crippen LogP contribution in [0.3, 0.4) is 0 Å². The predicted octanol–water partition coefficient (Wildman–Crippen LogP) is 2.65. The van der Waals surface area contributed by atoms with E-state index in [1.165, 1.54) is 0 Å². The first-order valence-corrected chi connectivity index (χ1v) is 9.01. The highest BCUT2D eigenvalue weighted by atomic mass is 16.2. The minimum Gasteiger partial charge on any atom is -0.376 e. The molecule has 0 unspecified atom stereocenters. The van der Waals surface area contributed by atoms with Crippen LogP contribution in [-0.2, 0) is 11.3 Å². The minimum absolute atomic E-state index is 0.0632. The van der Waals surface area contributed by atoms with Crippen molar-refractivity contribution in [2.75, 3.05) is 11.9 Å². The maximum atomic E-state index is 12.1. The molecule has 2 aromatic carbocycles. The second kappa shape index (κ2) is 9.55. The molecule has 0 aliphatic carbocycles. The number of rotatable bonds is 6. The molecule has 7 nitrogen and oxygen atoms in total. The Labute approximate surface area is 164 Å². The third kappa shape index (κ3) is 7.49. The van der Waals surface area contributed by atoms with Crippen molar-refractivity contribution in [3.63, 3.8) is 0 Å². The maximum Gasteiger partial charge on any atom is 0.321 e. The highest BCUT2D eigenvalue weighted by Gasteiger charge is 2.15. The van der Waals surface area contributed by atoms with Crippen LogP contribution in [0.2, 0.25) is 0 Å². The van der Waals surface area contributed by atoms with Crippen LogP contribution < -0.4 is 21.3 Å². The van der Waals surface area contributed by atoms with Crippen molar-refractivity contribution in [2.24, 2.45) is 0 Å². The van der Waals surface area contributed by atoms with Crippen molar-refractivity contribution in [3.8, 4) is 0 Å². The fourth-order valence-corrected chi connectivity index (χ4v) is 2.33. The third-order valence-corrected chi connectivity index (χ3v) is 3.64. The predicted molar refractivity (Wildman–Crippen MR) is 109 cm³/mol. The average molecular weight is 382 g/mol. The molecule has 0 saturated heterocycles. The fourth-order valence-electron chi connectivity index (χ4n) is 2.33. The fraction of sp³-hybridized carbons (Fsp3) is 0.286. The van der Waals surface area contributed by atoms with Crippen molar-refractivity contribution in [1.29, 1.82) is 0 Å². The molecular weight excluding hydrogens is 356 g/mol. The van der Waals surface area contributed by atoms with Gasteiger partial charge in [-0.25, -0.2) is 4.79 Å². The Bertz CT molecular complexity index is 812. The van der Waals surface area contributed by atoms with Gasteiger partial charge in [0.15, 0.2) is 0 Å². The van der Waals surface area contributed by atoms with E-state index < -0.39 is 11.9 Å². The van der Waals surface area contributed by atoms with Crippen LogP contribution >= 0.6 is 0 Å². The van der Waals surface area contributed by atoms with Gasteiger partial charge in [-0.3, -0.25) is 14.9 Å². The molecule has 7 heteroatoms. The van der Waals surface area contributed by atoms with Gasteiger partial charge in [-0.15, -0.1) is 0 Å². The standard InChI is InChI=1S/C21H26N4O3/c1-21(2,3)25-19(27)16-9-11-17(12-10-16)22-14-18(26)24-20(28)23-13-15-7-5-4-6-8-15/h4-12,22H,13-14H2,1-3H3,(H,25,27)(H2,23,24,26,28). The number of carbonyl (C=O) groups is 3. The topological polar surface area (TPSA) is 99.3 Å². The first-order valence-electron chi connectivity index (χ1n) is 9.01. The van der Waals surface area contributed by atoms with E-state index in [4.69, 9.17) is 0 Å². The molecule has 28 heavy (non-hydrogen) atoms. The van der Waals surface area contributed by atoms with E-state index in [0.717, 1.165) is 5.56 Å². The summed E-state index contributed by atoms with van der Waals surface area (Å²) in [5, 5.41) is 10.7. The number of nitrogens with one attached hydrogen (secondary N) is 4. The molecule has 0 saturated carbocycles. The van der Waals surface area contributed by atoms with E-state index in [1.807, 2.05) is 51.1 Å². The van der Waals surface area contributed by atoms with E-state index in [0.29, 0.717) is 17.8 Å². The first-order chi connectivity index (χ1) is 13.2. The van der Waals surface area contributed by atoms with E-state index in [2.05, 4.69) is 21.3 Å². The van der Waals surface area contributed by atoms with Gasteiger partial charge < -0.3 is 16.0 Å². The number of carbonyl (C=O) groups excluding carboxylic acids is 3. The van der Waals surface area contributed by atoms with Gasteiger partial charge in [0.05, 0.1) is 6.54 Å². The normalized spacial score (nSPS) is 10.7. The van der Waals surface area contributed by atoms with Crippen LogP contribution in [-0.4, -0.2) is 29.9 Å². The summed E-state index contributed by atoms with van der Waals surface area (Å²) in [6.07, 6.45) is 0. The molecule has 0 aliphatic rings. The summed E-state index contributed by atoms with van der Waals surface area (Å²) >= 11 is 0. The van der Waals surface area contributed by atoms with Gasteiger partial charge in [-0.1, -0.05) is 30.3 Å². The van der Waals surface area contributed by atoms with Gasteiger partial charge in [-0.05, 0) is 50.6 Å². The van der Waals surface area contributed by atoms with Crippen LogP contribution in [0.5, 0.6) is 0 Å². The number of anilines is 1. The molecule has 0 aromatic heterocycles. The largest absolute Gasteiger partial charge is 0.376 e. The number of urea groups is 1. The Hall–Kier alpha value is -3.35. The lowest BCUT2D eigenvalue weighted by atomic mass is 10.1. The average Bonchev–Trinajstić information content (AvgIpc) is 2.64. The summed E-state index contributed by atoms with van der Waals surface area (Å²) in [5.74, 6) is -0.619. The van der Waals surface area contributed by atoms with Crippen LogP contribution in [0.4, 0.5) is 10.5 Å². The zero-order chi connectivity index (χ0) is 20.6. The molecule has 4 amide bonds. The molecule has 0 radical (unpaired) electrons. The summed E-state index contributed by atoms with van der Waals surface area (Å²) in [7, 11) is 0. The van der Waals surface area contributed by atoms with Crippen LogP contribution in [0, 0.1) is 0 Å². The van der Waals surface area contributed by atoms with E-state index in [9.17, 15) is 14.4 Å². The molecule has 0 spiro atoms. The molecule has 2 rings (SSSR count). The lowest BCUT2D eigenvalue weighted by Gasteiger charge is -2.20. The van der Waals surface area contributed by atoms with Crippen molar-refractivity contribution >= 4 is 23.5 Å². The number of benzene rings is 2. The molecule has 0 atom stereocenters. The maximum absolute atomic E-state index is 12.1. The highest BCUT2D eigenvalue weighted by molar-refractivity contribution is 5.96. The van der Waals surface area contributed by atoms with E-state index >= 15 is 0 Å². The van der Waals surface area contributed by atoms with Gasteiger partial charge in [0.2, 0.25) is 5.91 Å². The van der Waals surface area contributed by atoms with Crippen molar-refractivity contribution < 1.29 is 14.4 Å². The molecule has 0 fully saturated rings. The summed E-state index contributed by atoms with van der Waals surface area (Å²) in [6, 6.07) is 15.6. The monoisotopic (exact) mass is 382 g/mol. The molecule has 2 aromatic rings. The molecular formula is C21H26N4O3. The summed E-state index contributed by atoms with van der Waals surface area (Å²) in [4.78, 5) is 35.7. The summed E-state index contributed by atoms with van der Waals surface area (Å²) < 4.78 is 0. The number of hydrogen-bond acceptors (Lipinski definition) is 4. The van der Waals surface area contributed by atoms with Gasteiger partial charge in [0.1, 0.15) is 0 Å². The zero-order valence-electron chi connectivity index (χ0n) is 16.3. The van der Waals surface area contributed by atoms with Crippen molar-refractivity contribution in [1.82, 2.24) is 16.0 Å². The minimum atomic E-state index is -0.551. The lowest BCUT2D eigenvalue weighted by molar-refractivity contribution is -0.118. The van der Waals surface area contributed by atoms with Crippen LogP contribution in [0.25, 0.3) is 0 Å². The Morgan fingerprint density at radius 2 is 1.54 bits per heavy atom. The zero-order valence-corrected chi connectivity index (χ0v) is 16.3. The molecule has 0 aliphatic heterocycles. The van der Waals surface area contributed by atoms with Crippen LogP contribution in [0.15, 0.2) is 54.6 Å². The molecule has 4 N–H and O–H groups in total. The Morgan fingerprint density at radius 3 is 2.14 bits per heavy atom. The summed E-state index contributed by atoms with van der Waals surface area (Å²) in [5.41, 5.74) is 1.84. The molecule has 0 heterocycles. The highest BCUT2D eigenvalue weighted by Crippen LogP contribution is 2.10. The Morgan fingerprint density at radius 1 is 0.893 bits per heavy atom. The van der Waals surface area contributed by atoms with E-state index in [1.54, 1.807) is 24.3 Å². The first kappa shape index (κ1) is 21.0. The van der Waals surface area contributed by atoms with Gasteiger partial charge in [0.25, 0.3) is 5.91 Å². The van der Waals surface area contributed by atoms with Crippen molar-refractivity contribution in [3.05, 3.63) is 65.7 Å². The lowest BCUT2D eigenvalue weighted by Crippen LogP contribution is -2.41. The Kier molecular flexibility index (Phi) is 7.14. The third-order valence-electron chi connectivity index (χ3n) is 3.64. The second-order valence-electron chi connectivity index (χ2n) is 7.35. The van der Waals surface area contributed by atoms with Crippen LogP contribution in [0.1, 0.15) is 36.7 Å². The number of hydrogen-bond donors (Lipinski definition) is 4. The SMILES string of the molecule is CC(C)(C)NC(=O)c1ccc(NCC(=O)NC(=O)NCc2ccccc2)cc1. The molecule has 148 valence electrons. The molecule has 0 bridgehead atoms. The van der Waals surface area contributed by atoms with Gasteiger partial charge >= 0.3 is 6.03 Å². The Balaban J connectivity index is 1.74. The number of amides is 4. The van der Waals surface area contributed by atoms with Crippen molar-refractivity contribution in [2.45, 2.75) is 32.9 Å². The van der Waals surface area contributed by atoms with Gasteiger partial charge in [0, 0.05) is 23.3 Å². The van der Waals surface area contributed by atoms with Gasteiger partial charge in [-0.2, -0.15) is 0 Å². The smallest absolute Gasteiger partial charge is 0.321 e. The summed E-state index contributed by atoms with van der Waals surface area (Å²) in [6.45, 7) is 6.01. The number of imide groups is 1. The second-order valence-corrected chi connectivity index (χ2v) is 7.35. The van der Waals surface area contributed by atoms with E-state index in [-0.39, 0.29) is 18.0 Å².